The molecule has 1 aliphatic heterocycles. The second-order valence-corrected chi connectivity index (χ2v) is 4.38. The summed E-state index contributed by atoms with van der Waals surface area (Å²) in [5.41, 5.74) is -1.48. The van der Waals surface area contributed by atoms with Crippen LogP contribution in [0.5, 0.6) is 0 Å². The van der Waals surface area contributed by atoms with E-state index in [4.69, 9.17) is 9.84 Å². The van der Waals surface area contributed by atoms with E-state index in [1.54, 1.807) is 0 Å². The first-order chi connectivity index (χ1) is 7.65. The maximum atomic E-state index is 11.6. The summed E-state index contributed by atoms with van der Waals surface area (Å²) in [7, 11) is 0. The van der Waals surface area contributed by atoms with Crippen molar-refractivity contribution in [3.05, 3.63) is 33.1 Å². The van der Waals surface area contributed by atoms with Crippen LogP contribution in [0.15, 0.2) is 21.9 Å². The number of aliphatic hydroxyl groups excluding tert-OH is 1. The number of aromatic nitrogens is 2. The molecule has 6 heteroatoms. The van der Waals surface area contributed by atoms with Crippen LogP contribution in [0.1, 0.15) is 12.8 Å². The van der Waals surface area contributed by atoms with Gasteiger partial charge in [0.1, 0.15) is 0 Å². The highest BCUT2D eigenvalue weighted by Crippen LogP contribution is 2.59. The summed E-state index contributed by atoms with van der Waals surface area (Å²) in [6.45, 7) is -0.0314. The maximum absolute atomic E-state index is 11.6. The Kier molecular flexibility index (Phi) is 1.87. The van der Waals surface area contributed by atoms with E-state index < -0.39 is 17.0 Å². The molecule has 2 fully saturated rings. The molecule has 0 amide bonds. The molecule has 3 rings (SSSR count). The Hall–Kier alpha value is -1.40. The summed E-state index contributed by atoms with van der Waals surface area (Å²) in [6.07, 6.45) is 2.80. The molecular formula is C10H12N2O4. The summed E-state index contributed by atoms with van der Waals surface area (Å²) >= 11 is 0. The predicted octanol–water partition coefficient (Wildman–Crippen LogP) is -1.01. The zero-order valence-corrected chi connectivity index (χ0v) is 8.55. The van der Waals surface area contributed by atoms with Crippen molar-refractivity contribution >= 4 is 0 Å². The molecule has 0 spiro atoms. The normalized spacial score (nSPS) is 36.1. The number of nitrogens with zero attached hydrogens (tertiary/aromatic N) is 1. The van der Waals surface area contributed by atoms with E-state index in [0.29, 0.717) is 0 Å². The molecule has 0 radical (unpaired) electrons. The molecule has 2 aliphatic rings. The second-order valence-electron chi connectivity index (χ2n) is 4.38. The van der Waals surface area contributed by atoms with Crippen molar-refractivity contribution < 1.29 is 9.84 Å². The lowest BCUT2D eigenvalue weighted by molar-refractivity contribution is -0.0659. The molecule has 86 valence electrons. The van der Waals surface area contributed by atoms with Crippen molar-refractivity contribution in [2.24, 2.45) is 5.92 Å². The molecule has 2 heterocycles. The number of aliphatic hydroxyl groups is 1. The van der Waals surface area contributed by atoms with Gasteiger partial charge in [0.15, 0.2) is 5.72 Å². The summed E-state index contributed by atoms with van der Waals surface area (Å²) in [4.78, 5) is 24.8. The third-order valence-corrected chi connectivity index (χ3v) is 3.37. The molecule has 16 heavy (non-hydrogen) atoms. The summed E-state index contributed by atoms with van der Waals surface area (Å²) in [5, 5.41) is 9.01. The third kappa shape index (κ3) is 1.20. The molecule has 1 saturated carbocycles. The minimum absolute atomic E-state index is 0.0314. The summed E-state index contributed by atoms with van der Waals surface area (Å²) in [5.74, 6) is 0.272. The van der Waals surface area contributed by atoms with E-state index >= 15 is 0 Å². The minimum atomic E-state index is -0.616. The lowest BCUT2D eigenvalue weighted by Crippen LogP contribution is -2.37. The van der Waals surface area contributed by atoms with Crippen LogP contribution >= 0.6 is 0 Å². The van der Waals surface area contributed by atoms with Gasteiger partial charge in [0.05, 0.1) is 12.7 Å². The van der Waals surface area contributed by atoms with Gasteiger partial charge in [-0.3, -0.25) is 14.3 Å². The lowest BCUT2D eigenvalue weighted by atomic mass is 10.2. The quantitative estimate of drug-likeness (QED) is 0.674. The lowest BCUT2D eigenvalue weighted by Gasteiger charge is -2.18. The molecule has 2 N–H and O–H groups in total. The van der Waals surface area contributed by atoms with Crippen molar-refractivity contribution in [3.8, 4) is 0 Å². The van der Waals surface area contributed by atoms with Crippen LogP contribution in [0.2, 0.25) is 0 Å². The predicted molar refractivity (Wildman–Crippen MR) is 54.0 cm³/mol. The Morgan fingerprint density at radius 2 is 2.44 bits per heavy atom. The van der Waals surface area contributed by atoms with Crippen molar-refractivity contribution in [3.63, 3.8) is 0 Å². The molecule has 1 aliphatic carbocycles. The van der Waals surface area contributed by atoms with Crippen molar-refractivity contribution in [1.82, 2.24) is 9.55 Å². The van der Waals surface area contributed by atoms with E-state index in [2.05, 4.69) is 4.98 Å². The smallest absolute Gasteiger partial charge is 0.330 e. The van der Waals surface area contributed by atoms with Gasteiger partial charge in [0.25, 0.3) is 5.56 Å². The standard InChI is InChI=1S/C10H12N2O4/c13-5-7-3-6-4-10(6,16-7)12-2-1-8(14)11-9(12)15/h1-2,6-7,13H,3-5H2,(H,11,14,15)/t6-,7-,10+/m0/s1. The molecule has 6 nitrogen and oxygen atoms in total. The largest absolute Gasteiger partial charge is 0.394 e. The molecule has 0 aromatic carbocycles. The average Bonchev–Trinajstić information content (AvgIpc) is 2.81. The SMILES string of the molecule is O=c1ccn([C@@]23C[C@@H]2C[C@@H](CO)O3)c(=O)[nH]1. The van der Waals surface area contributed by atoms with Crippen LogP contribution in [-0.2, 0) is 10.5 Å². The molecule has 1 aromatic rings. The van der Waals surface area contributed by atoms with Gasteiger partial charge in [0.2, 0.25) is 0 Å². The number of fused-ring (bicyclic) bond motifs is 1. The van der Waals surface area contributed by atoms with Gasteiger partial charge < -0.3 is 9.84 Å². The van der Waals surface area contributed by atoms with Crippen LogP contribution in [0.4, 0.5) is 0 Å². The van der Waals surface area contributed by atoms with Crippen LogP contribution in [0.3, 0.4) is 0 Å². The van der Waals surface area contributed by atoms with E-state index in [9.17, 15) is 9.59 Å². The maximum Gasteiger partial charge on any atom is 0.330 e. The fourth-order valence-corrected chi connectivity index (χ4v) is 2.54. The molecule has 0 unspecified atom stereocenters. The van der Waals surface area contributed by atoms with Gasteiger partial charge in [-0.25, -0.2) is 4.79 Å². The number of nitrogens with one attached hydrogen (secondary N) is 1. The van der Waals surface area contributed by atoms with Crippen LogP contribution in [0.25, 0.3) is 0 Å². The van der Waals surface area contributed by atoms with Crippen LogP contribution in [-0.4, -0.2) is 27.4 Å². The number of H-pyrrole nitrogens is 1. The Labute approximate surface area is 90.5 Å². The second kappa shape index (κ2) is 3.05. The van der Waals surface area contributed by atoms with E-state index in [1.165, 1.54) is 16.8 Å². The Bertz CT molecular complexity index is 534. The number of aromatic amines is 1. The van der Waals surface area contributed by atoms with Gasteiger partial charge >= 0.3 is 5.69 Å². The Morgan fingerprint density at radius 1 is 1.62 bits per heavy atom. The Balaban J connectivity index is 2.00. The monoisotopic (exact) mass is 224 g/mol. The topological polar surface area (TPSA) is 84.3 Å². The van der Waals surface area contributed by atoms with Crippen LogP contribution < -0.4 is 11.2 Å². The minimum Gasteiger partial charge on any atom is -0.394 e. The summed E-state index contributed by atoms with van der Waals surface area (Å²) in [6, 6.07) is 1.31. The Morgan fingerprint density at radius 3 is 3.06 bits per heavy atom. The number of ether oxygens (including phenoxy) is 1. The van der Waals surface area contributed by atoms with Crippen molar-refractivity contribution in [2.45, 2.75) is 24.7 Å². The third-order valence-electron chi connectivity index (χ3n) is 3.37. The first kappa shape index (κ1) is 9.80. The first-order valence-electron chi connectivity index (χ1n) is 5.27. The van der Waals surface area contributed by atoms with Gasteiger partial charge in [-0.1, -0.05) is 0 Å². The van der Waals surface area contributed by atoms with Gasteiger partial charge in [-0.05, 0) is 6.42 Å². The van der Waals surface area contributed by atoms with E-state index in [-0.39, 0.29) is 18.6 Å². The average molecular weight is 224 g/mol. The van der Waals surface area contributed by atoms with Gasteiger partial charge in [-0.2, -0.15) is 0 Å². The summed E-state index contributed by atoms with van der Waals surface area (Å²) < 4.78 is 7.10. The van der Waals surface area contributed by atoms with Gasteiger partial charge in [0, 0.05) is 24.6 Å². The van der Waals surface area contributed by atoms with Crippen LogP contribution in [0, 0.1) is 5.92 Å². The highest BCUT2D eigenvalue weighted by Gasteiger charge is 2.64. The number of hydrogen-bond acceptors (Lipinski definition) is 4. The van der Waals surface area contributed by atoms with Crippen molar-refractivity contribution in [1.29, 1.82) is 0 Å². The molecule has 0 bridgehead atoms. The highest BCUT2D eigenvalue weighted by atomic mass is 16.6. The molecule has 1 saturated heterocycles. The zero-order valence-electron chi connectivity index (χ0n) is 8.55. The van der Waals surface area contributed by atoms with E-state index in [0.717, 1.165) is 12.8 Å². The van der Waals surface area contributed by atoms with E-state index in [1.807, 2.05) is 0 Å². The first-order valence-corrected chi connectivity index (χ1v) is 5.27. The zero-order chi connectivity index (χ0) is 11.3. The molecule has 3 atom stereocenters. The fourth-order valence-electron chi connectivity index (χ4n) is 2.54. The highest BCUT2D eigenvalue weighted by molar-refractivity contribution is 5.08. The molecular weight excluding hydrogens is 212 g/mol. The van der Waals surface area contributed by atoms with Gasteiger partial charge in [-0.15, -0.1) is 0 Å². The molecule has 1 aromatic heterocycles. The van der Waals surface area contributed by atoms with Crippen molar-refractivity contribution in [2.75, 3.05) is 6.61 Å². The number of hydrogen-bond donors (Lipinski definition) is 2. The number of rotatable bonds is 2. The fraction of sp³-hybridized carbons (Fsp3) is 0.600.